The summed E-state index contributed by atoms with van der Waals surface area (Å²) in [4.78, 5) is 5.00. The number of likely N-dealkylation sites (N-methyl/N-ethyl adjacent to an activating group) is 1. The van der Waals surface area contributed by atoms with Gasteiger partial charge in [0.15, 0.2) is 0 Å². The Morgan fingerprint density at radius 2 is 2.00 bits per heavy atom. The molecular weight excluding hydrogens is 186 g/mol. The van der Waals surface area contributed by atoms with E-state index in [1.165, 1.54) is 25.9 Å². The van der Waals surface area contributed by atoms with Crippen molar-refractivity contribution in [3.63, 3.8) is 0 Å². The van der Waals surface area contributed by atoms with Gasteiger partial charge in [0.05, 0.1) is 0 Å². The summed E-state index contributed by atoms with van der Waals surface area (Å²) in [5.41, 5.74) is 5.91. The highest BCUT2D eigenvalue weighted by molar-refractivity contribution is 4.95. The summed E-state index contributed by atoms with van der Waals surface area (Å²) >= 11 is 0. The first-order chi connectivity index (χ1) is 7.13. The molecule has 3 unspecified atom stereocenters. The van der Waals surface area contributed by atoms with Crippen LogP contribution in [0.3, 0.4) is 0 Å². The van der Waals surface area contributed by atoms with Gasteiger partial charge in [-0.15, -0.1) is 0 Å². The Labute approximate surface area is 93.6 Å². The van der Waals surface area contributed by atoms with E-state index in [9.17, 15) is 0 Å². The van der Waals surface area contributed by atoms with Crippen LogP contribution in [0.5, 0.6) is 0 Å². The first-order valence-corrected chi connectivity index (χ1v) is 6.24. The maximum atomic E-state index is 5.91. The van der Waals surface area contributed by atoms with Gasteiger partial charge in [0.25, 0.3) is 0 Å². The van der Waals surface area contributed by atoms with Gasteiger partial charge in [-0.1, -0.05) is 6.92 Å². The molecule has 3 heteroatoms. The minimum Gasteiger partial charge on any atom is -0.329 e. The van der Waals surface area contributed by atoms with Crippen LogP contribution < -0.4 is 5.73 Å². The van der Waals surface area contributed by atoms with Crippen molar-refractivity contribution in [3.05, 3.63) is 0 Å². The van der Waals surface area contributed by atoms with Crippen molar-refractivity contribution >= 4 is 0 Å². The summed E-state index contributed by atoms with van der Waals surface area (Å²) in [7, 11) is 4.39. The summed E-state index contributed by atoms with van der Waals surface area (Å²) in [6.07, 6.45) is 2.80. The van der Waals surface area contributed by atoms with Crippen molar-refractivity contribution in [2.24, 2.45) is 17.6 Å². The van der Waals surface area contributed by atoms with Crippen LogP contribution in [0, 0.1) is 11.8 Å². The molecule has 1 heterocycles. The molecule has 0 spiro atoms. The predicted octanol–water partition coefficient (Wildman–Crippen LogP) is 0.606. The second-order valence-electron chi connectivity index (χ2n) is 5.60. The Morgan fingerprint density at radius 3 is 2.40 bits per heavy atom. The van der Waals surface area contributed by atoms with Crippen molar-refractivity contribution in [2.45, 2.75) is 31.8 Å². The van der Waals surface area contributed by atoms with E-state index in [-0.39, 0.29) is 0 Å². The minimum atomic E-state index is 0.664. The molecule has 0 aromatic carbocycles. The number of rotatable bonds is 4. The average Bonchev–Trinajstić information content (AvgIpc) is 2.91. The monoisotopic (exact) mass is 211 g/mol. The molecule has 3 atom stereocenters. The zero-order valence-electron chi connectivity index (χ0n) is 10.3. The van der Waals surface area contributed by atoms with Gasteiger partial charge < -0.3 is 10.6 Å². The Bertz CT molecular complexity index is 213. The fourth-order valence-corrected chi connectivity index (χ4v) is 3.05. The summed E-state index contributed by atoms with van der Waals surface area (Å²) in [5, 5.41) is 0. The van der Waals surface area contributed by atoms with Crippen LogP contribution in [0.1, 0.15) is 19.8 Å². The quantitative estimate of drug-likeness (QED) is 0.739. The van der Waals surface area contributed by atoms with Crippen molar-refractivity contribution in [3.8, 4) is 0 Å². The second kappa shape index (κ2) is 4.40. The summed E-state index contributed by atoms with van der Waals surface area (Å²) in [5.74, 6) is 1.69. The summed E-state index contributed by atoms with van der Waals surface area (Å²) in [6.45, 7) is 5.66. The lowest BCUT2D eigenvalue weighted by Gasteiger charge is -2.27. The molecular formula is C12H25N3. The number of likely N-dealkylation sites (tertiary alicyclic amines) is 1. The molecule has 3 nitrogen and oxygen atoms in total. The molecule has 88 valence electrons. The van der Waals surface area contributed by atoms with Crippen LogP contribution in [0.25, 0.3) is 0 Å². The van der Waals surface area contributed by atoms with E-state index >= 15 is 0 Å². The molecule has 1 aliphatic carbocycles. The van der Waals surface area contributed by atoms with E-state index in [0.29, 0.717) is 6.04 Å². The van der Waals surface area contributed by atoms with Crippen LogP contribution in [0.2, 0.25) is 0 Å². The molecule has 15 heavy (non-hydrogen) atoms. The molecule has 2 rings (SSSR count). The Hall–Kier alpha value is -0.120. The maximum Gasteiger partial charge on any atom is 0.0254 e. The standard InChI is InChI=1S/C12H25N3/c1-9-7-15(8-12(9)14(2)3)11(6-13)10-4-5-10/h9-12H,4-8,13H2,1-3H3. The third kappa shape index (κ3) is 2.35. The molecule has 0 bridgehead atoms. The SMILES string of the molecule is CC1CN(C(CN)C2CC2)CC1N(C)C. The smallest absolute Gasteiger partial charge is 0.0254 e. The van der Waals surface area contributed by atoms with E-state index < -0.39 is 0 Å². The van der Waals surface area contributed by atoms with Crippen LogP contribution >= 0.6 is 0 Å². The third-order valence-electron chi connectivity index (χ3n) is 4.14. The predicted molar refractivity (Wildman–Crippen MR) is 63.8 cm³/mol. The Kier molecular flexibility index (Phi) is 3.33. The molecule has 0 aromatic heterocycles. The van der Waals surface area contributed by atoms with Gasteiger partial charge in [0.2, 0.25) is 0 Å². The fraction of sp³-hybridized carbons (Fsp3) is 1.00. The largest absolute Gasteiger partial charge is 0.329 e. The van der Waals surface area contributed by atoms with Gasteiger partial charge in [-0.25, -0.2) is 0 Å². The van der Waals surface area contributed by atoms with Gasteiger partial charge in [0.1, 0.15) is 0 Å². The number of nitrogens with zero attached hydrogens (tertiary/aromatic N) is 2. The third-order valence-corrected chi connectivity index (χ3v) is 4.14. The van der Waals surface area contributed by atoms with E-state index in [4.69, 9.17) is 5.73 Å². The van der Waals surface area contributed by atoms with E-state index in [0.717, 1.165) is 24.4 Å². The maximum absolute atomic E-state index is 5.91. The minimum absolute atomic E-state index is 0.664. The zero-order valence-corrected chi connectivity index (χ0v) is 10.3. The molecule has 0 radical (unpaired) electrons. The average molecular weight is 211 g/mol. The van der Waals surface area contributed by atoms with E-state index in [1.807, 2.05) is 0 Å². The topological polar surface area (TPSA) is 32.5 Å². The van der Waals surface area contributed by atoms with Gasteiger partial charge in [-0.3, -0.25) is 4.90 Å². The molecule has 1 saturated carbocycles. The lowest BCUT2D eigenvalue weighted by Crippen LogP contribution is -2.42. The molecule has 2 N–H and O–H groups in total. The van der Waals surface area contributed by atoms with Crippen LogP contribution in [0.4, 0.5) is 0 Å². The van der Waals surface area contributed by atoms with Crippen molar-refractivity contribution in [1.29, 1.82) is 0 Å². The molecule has 2 fully saturated rings. The van der Waals surface area contributed by atoms with Gasteiger partial charge in [-0.05, 0) is 38.8 Å². The Morgan fingerprint density at radius 1 is 1.33 bits per heavy atom. The lowest BCUT2D eigenvalue weighted by molar-refractivity contribution is 0.201. The van der Waals surface area contributed by atoms with E-state index in [1.54, 1.807) is 0 Å². The van der Waals surface area contributed by atoms with Gasteiger partial charge >= 0.3 is 0 Å². The lowest BCUT2D eigenvalue weighted by atomic mass is 10.1. The fourth-order valence-electron chi connectivity index (χ4n) is 3.05. The van der Waals surface area contributed by atoms with Crippen LogP contribution in [0.15, 0.2) is 0 Å². The molecule has 1 saturated heterocycles. The zero-order chi connectivity index (χ0) is 11.0. The highest BCUT2D eigenvalue weighted by Crippen LogP contribution is 2.37. The second-order valence-corrected chi connectivity index (χ2v) is 5.60. The van der Waals surface area contributed by atoms with E-state index in [2.05, 4.69) is 30.8 Å². The summed E-state index contributed by atoms with van der Waals surface area (Å²) in [6, 6.07) is 1.38. The molecule has 0 amide bonds. The van der Waals surface area contributed by atoms with Crippen LogP contribution in [-0.2, 0) is 0 Å². The number of hydrogen-bond donors (Lipinski definition) is 1. The van der Waals surface area contributed by atoms with Gasteiger partial charge in [0, 0.05) is 31.7 Å². The molecule has 0 aromatic rings. The molecule has 1 aliphatic heterocycles. The normalized spacial score (nSPS) is 35.0. The first-order valence-electron chi connectivity index (χ1n) is 6.24. The number of hydrogen-bond acceptors (Lipinski definition) is 3. The molecule has 2 aliphatic rings. The van der Waals surface area contributed by atoms with Crippen molar-refractivity contribution in [2.75, 3.05) is 33.7 Å². The number of nitrogens with two attached hydrogens (primary N) is 1. The first kappa shape index (κ1) is 11.4. The summed E-state index contributed by atoms with van der Waals surface area (Å²) < 4.78 is 0. The Balaban J connectivity index is 1.94. The highest BCUT2D eigenvalue weighted by atomic mass is 15.3. The van der Waals surface area contributed by atoms with Gasteiger partial charge in [-0.2, -0.15) is 0 Å². The van der Waals surface area contributed by atoms with Crippen molar-refractivity contribution < 1.29 is 0 Å². The van der Waals surface area contributed by atoms with Crippen molar-refractivity contribution in [1.82, 2.24) is 9.80 Å². The van der Waals surface area contributed by atoms with Crippen LogP contribution in [-0.4, -0.2) is 55.6 Å². The highest BCUT2D eigenvalue weighted by Gasteiger charge is 2.40.